The first-order chi connectivity index (χ1) is 15.6. The van der Waals surface area contributed by atoms with Gasteiger partial charge in [0.25, 0.3) is 0 Å². The van der Waals surface area contributed by atoms with Crippen LogP contribution in [0, 0.1) is 6.92 Å². The fourth-order valence-electron chi connectivity index (χ4n) is 4.23. The molecule has 3 aromatic rings. The van der Waals surface area contributed by atoms with E-state index in [4.69, 9.17) is 10.1 Å². The summed E-state index contributed by atoms with van der Waals surface area (Å²) in [6.45, 7) is 4.11. The Bertz CT molecular complexity index is 1130. The van der Waals surface area contributed by atoms with Gasteiger partial charge in [0.15, 0.2) is 0 Å². The van der Waals surface area contributed by atoms with E-state index >= 15 is 0 Å². The maximum Gasteiger partial charge on any atom is 0.229 e. The number of nitrogens with zero attached hydrogens (tertiary/aromatic N) is 6. The Labute approximate surface area is 186 Å². The van der Waals surface area contributed by atoms with Gasteiger partial charge in [0.1, 0.15) is 5.82 Å². The van der Waals surface area contributed by atoms with Crippen molar-refractivity contribution in [1.82, 2.24) is 19.7 Å². The Kier molecular flexibility index (Phi) is 5.48. The zero-order valence-corrected chi connectivity index (χ0v) is 18.1. The summed E-state index contributed by atoms with van der Waals surface area (Å²) < 4.78 is 1.67. The smallest absolute Gasteiger partial charge is 0.229 e. The molecule has 0 saturated heterocycles. The van der Waals surface area contributed by atoms with E-state index in [1.807, 2.05) is 30.2 Å². The molecule has 5 rings (SSSR count). The summed E-state index contributed by atoms with van der Waals surface area (Å²) in [5.74, 6) is 1.48. The van der Waals surface area contributed by atoms with Crippen LogP contribution in [-0.4, -0.2) is 50.5 Å². The Morgan fingerprint density at radius 2 is 2.19 bits per heavy atom. The third kappa shape index (κ3) is 4.16. The number of aromatic nitrogens is 4. The summed E-state index contributed by atoms with van der Waals surface area (Å²) in [6, 6.07) is 8.57. The molecule has 0 bridgehead atoms. The largest absolute Gasteiger partial charge is 0.394 e. The Hall–Kier alpha value is -3.46. The predicted octanol–water partition coefficient (Wildman–Crippen LogP) is 2.41. The number of nitrogens with one attached hydrogen (secondary N) is 1. The second-order valence-corrected chi connectivity index (χ2v) is 8.36. The number of aryl methyl sites for hydroxylation is 1. The molecule has 2 aromatic heterocycles. The van der Waals surface area contributed by atoms with Gasteiger partial charge in [0, 0.05) is 42.3 Å². The fourth-order valence-corrected chi connectivity index (χ4v) is 4.23. The number of hydrogen-bond acceptors (Lipinski definition) is 7. The van der Waals surface area contributed by atoms with Gasteiger partial charge in [-0.3, -0.25) is 9.48 Å². The van der Waals surface area contributed by atoms with Gasteiger partial charge in [-0.2, -0.15) is 10.1 Å². The topological polar surface area (TPSA) is 99.4 Å². The standard InChI is InChI=1S/C23H27N7O2/c1-16-21-7-8-28(13-17-3-2-4-20(11-17)30(15-32)19-5-6-19)22(21)27-23(25-16)26-18-12-24-29(14-18)9-10-31/h2-4,11-12,14-15,19,31H,5-10,13H2,1H3,(H,25,26,27). The van der Waals surface area contributed by atoms with Crippen molar-refractivity contribution in [3.05, 3.63) is 53.5 Å². The van der Waals surface area contributed by atoms with Crippen molar-refractivity contribution in [3.63, 3.8) is 0 Å². The van der Waals surface area contributed by atoms with E-state index in [1.54, 1.807) is 10.9 Å². The number of anilines is 4. The normalized spacial score (nSPS) is 15.0. The van der Waals surface area contributed by atoms with Gasteiger partial charge in [-0.1, -0.05) is 12.1 Å². The second-order valence-electron chi connectivity index (χ2n) is 8.36. The van der Waals surface area contributed by atoms with Crippen LogP contribution >= 0.6 is 0 Å². The molecular formula is C23H27N7O2. The lowest BCUT2D eigenvalue weighted by molar-refractivity contribution is -0.107. The lowest BCUT2D eigenvalue weighted by Gasteiger charge is -2.21. The zero-order chi connectivity index (χ0) is 22.1. The van der Waals surface area contributed by atoms with Crippen LogP contribution in [0.15, 0.2) is 36.7 Å². The van der Waals surface area contributed by atoms with E-state index in [9.17, 15) is 4.79 Å². The van der Waals surface area contributed by atoms with E-state index in [-0.39, 0.29) is 6.61 Å². The van der Waals surface area contributed by atoms with Crippen molar-refractivity contribution < 1.29 is 9.90 Å². The first kappa shape index (κ1) is 20.4. The van der Waals surface area contributed by atoms with Crippen LogP contribution in [-0.2, 0) is 24.3 Å². The monoisotopic (exact) mass is 433 g/mol. The number of benzene rings is 1. The van der Waals surface area contributed by atoms with Gasteiger partial charge in [0.05, 0.1) is 25.0 Å². The number of carbonyl (C=O) groups is 1. The number of aliphatic hydroxyl groups excluding tert-OH is 1. The molecule has 1 aliphatic carbocycles. The lowest BCUT2D eigenvalue weighted by Crippen LogP contribution is -2.24. The SMILES string of the molecule is Cc1nc(Nc2cnn(CCO)c2)nc2c1CCN2Cc1cccc(N(C=O)C2CC2)c1. The highest BCUT2D eigenvalue weighted by Crippen LogP contribution is 2.33. The molecule has 1 aliphatic heterocycles. The molecule has 1 aromatic carbocycles. The van der Waals surface area contributed by atoms with E-state index in [0.717, 1.165) is 67.2 Å². The van der Waals surface area contributed by atoms with Gasteiger partial charge < -0.3 is 20.2 Å². The van der Waals surface area contributed by atoms with E-state index in [2.05, 4.69) is 32.4 Å². The fraction of sp³-hybridized carbons (Fsp3) is 0.391. The number of carbonyl (C=O) groups excluding carboxylic acids is 1. The molecule has 1 fully saturated rings. The molecule has 0 radical (unpaired) electrons. The van der Waals surface area contributed by atoms with Crippen LogP contribution in [0.1, 0.15) is 29.7 Å². The first-order valence-corrected chi connectivity index (χ1v) is 11.0. The highest BCUT2D eigenvalue weighted by atomic mass is 16.3. The predicted molar refractivity (Wildman–Crippen MR) is 122 cm³/mol. The van der Waals surface area contributed by atoms with Crippen LogP contribution < -0.4 is 15.1 Å². The summed E-state index contributed by atoms with van der Waals surface area (Å²) in [5, 5.41) is 16.5. The highest BCUT2D eigenvalue weighted by molar-refractivity contribution is 5.77. The van der Waals surface area contributed by atoms with Crippen LogP contribution in [0.3, 0.4) is 0 Å². The minimum atomic E-state index is 0.0387. The molecule has 1 amide bonds. The molecule has 2 N–H and O–H groups in total. The summed E-state index contributed by atoms with van der Waals surface area (Å²) in [4.78, 5) is 25.1. The third-order valence-electron chi connectivity index (χ3n) is 5.98. The van der Waals surface area contributed by atoms with Gasteiger partial charge in [-0.25, -0.2) is 4.98 Å². The maximum absolute atomic E-state index is 11.5. The van der Waals surface area contributed by atoms with Crippen LogP contribution in [0.25, 0.3) is 0 Å². The average molecular weight is 434 g/mol. The number of hydrogen-bond donors (Lipinski definition) is 2. The van der Waals surface area contributed by atoms with Crippen molar-refractivity contribution >= 4 is 29.6 Å². The first-order valence-electron chi connectivity index (χ1n) is 11.0. The lowest BCUT2D eigenvalue weighted by atomic mass is 10.1. The Morgan fingerprint density at radius 1 is 1.31 bits per heavy atom. The molecule has 32 heavy (non-hydrogen) atoms. The van der Waals surface area contributed by atoms with Crippen LogP contribution in [0.5, 0.6) is 0 Å². The minimum Gasteiger partial charge on any atom is -0.394 e. The van der Waals surface area contributed by atoms with Gasteiger partial charge in [0.2, 0.25) is 12.4 Å². The molecule has 9 heteroatoms. The van der Waals surface area contributed by atoms with Crippen molar-refractivity contribution in [2.75, 3.05) is 28.3 Å². The van der Waals surface area contributed by atoms with Crippen LogP contribution in [0.4, 0.5) is 23.1 Å². The third-order valence-corrected chi connectivity index (χ3v) is 5.98. The van der Waals surface area contributed by atoms with E-state index in [1.165, 1.54) is 5.56 Å². The molecule has 0 unspecified atom stereocenters. The van der Waals surface area contributed by atoms with Crippen molar-refractivity contribution in [3.8, 4) is 0 Å². The summed E-state index contributed by atoms with van der Waals surface area (Å²) in [5.41, 5.74) is 5.04. The maximum atomic E-state index is 11.5. The van der Waals surface area contributed by atoms with Gasteiger partial charge >= 0.3 is 0 Å². The zero-order valence-electron chi connectivity index (χ0n) is 18.1. The quantitative estimate of drug-likeness (QED) is 0.500. The molecule has 2 aliphatic rings. The number of fused-ring (bicyclic) bond motifs is 1. The van der Waals surface area contributed by atoms with E-state index in [0.29, 0.717) is 18.5 Å². The van der Waals surface area contributed by atoms with Crippen molar-refractivity contribution in [2.45, 2.75) is 45.3 Å². The number of amides is 1. The Balaban J connectivity index is 1.35. The minimum absolute atomic E-state index is 0.0387. The average Bonchev–Trinajstić information content (AvgIpc) is 3.39. The molecule has 3 heterocycles. The van der Waals surface area contributed by atoms with Gasteiger partial charge in [-0.05, 0) is 43.9 Å². The number of rotatable bonds is 9. The molecule has 166 valence electrons. The molecule has 9 nitrogen and oxygen atoms in total. The summed E-state index contributed by atoms with van der Waals surface area (Å²) in [6.07, 6.45) is 7.53. The number of aliphatic hydroxyl groups is 1. The summed E-state index contributed by atoms with van der Waals surface area (Å²) in [7, 11) is 0. The van der Waals surface area contributed by atoms with Crippen LogP contribution in [0.2, 0.25) is 0 Å². The Morgan fingerprint density at radius 3 is 2.97 bits per heavy atom. The van der Waals surface area contributed by atoms with Crippen molar-refractivity contribution in [2.24, 2.45) is 0 Å². The highest BCUT2D eigenvalue weighted by Gasteiger charge is 2.29. The molecular weight excluding hydrogens is 406 g/mol. The molecule has 1 saturated carbocycles. The second kappa shape index (κ2) is 8.58. The molecule has 0 spiro atoms. The van der Waals surface area contributed by atoms with Crippen molar-refractivity contribution in [1.29, 1.82) is 0 Å². The van der Waals surface area contributed by atoms with E-state index < -0.39 is 0 Å². The summed E-state index contributed by atoms with van der Waals surface area (Å²) >= 11 is 0. The van der Waals surface area contributed by atoms with Gasteiger partial charge in [-0.15, -0.1) is 0 Å². The molecule has 0 atom stereocenters.